The number of anilines is 3. The van der Waals surface area contributed by atoms with Crippen molar-refractivity contribution in [1.29, 1.82) is 0 Å². The fourth-order valence-electron chi connectivity index (χ4n) is 2.69. The maximum atomic E-state index is 12.8. The summed E-state index contributed by atoms with van der Waals surface area (Å²) in [6.07, 6.45) is 1.61. The Labute approximate surface area is 168 Å². The van der Waals surface area contributed by atoms with Crippen molar-refractivity contribution in [2.75, 3.05) is 32.0 Å². The third-order valence-electron chi connectivity index (χ3n) is 4.11. The number of rotatable bonds is 7. The summed E-state index contributed by atoms with van der Waals surface area (Å²) in [7, 11) is 4.47. The highest BCUT2D eigenvalue weighted by Crippen LogP contribution is 2.38. The molecule has 3 aromatic rings. The third kappa shape index (κ3) is 4.49. The first kappa shape index (κ1) is 19.8. The van der Waals surface area contributed by atoms with Crippen LogP contribution in [0, 0.1) is 0 Å². The normalized spacial score (nSPS) is 10.2. The van der Waals surface area contributed by atoms with Gasteiger partial charge in [0.1, 0.15) is 5.75 Å². The predicted octanol–water partition coefficient (Wildman–Crippen LogP) is 3.81. The van der Waals surface area contributed by atoms with Gasteiger partial charge in [0.2, 0.25) is 5.75 Å². The number of carbonyl (C=O) groups excluding carboxylic acids is 1. The average molecular weight is 395 g/mol. The largest absolute Gasteiger partial charge is 0.508 e. The summed E-state index contributed by atoms with van der Waals surface area (Å²) < 4.78 is 15.9. The van der Waals surface area contributed by atoms with Crippen LogP contribution in [-0.2, 0) is 0 Å². The van der Waals surface area contributed by atoms with Crippen LogP contribution in [0.2, 0.25) is 0 Å². The molecular formula is C21H21N3O5. The topological polar surface area (TPSA) is 102 Å². The number of hydrogen-bond acceptors (Lipinski definition) is 7. The van der Waals surface area contributed by atoms with Gasteiger partial charge < -0.3 is 30.0 Å². The molecule has 0 saturated heterocycles. The van der Waals surface area contributed by atoms with Crippen LogP contribution >= 0.6 is 0 Å². The fraction of sp³-hybridized carbons (Fsp3) is 0.143. The van der Waals surface area contributed by atoms with Gasteiger partial charge in [0, 0.05) is 17.4 Å². The highest BCUT2D eigenvalue weighted by Gasteiger charge is 2.18. The van der Waals surface area contributed by atoms with Gasteiger partial charge in [-0.1, -0.05) is 0 Å². The Morgan fingerprint density at radius 3 is 2.21 bits per heavy atom. The first-order valence-corrected chi connectivity index (χ1v) is 8.68. The minimum Gasteiger partial charge on any atom is -0.508 e. The molecule has 8 nitrogen and oxygen atoms in total. The Hall–Kier alpha value is -3.94. The number of nitrogens with one attached hydrogen (secondary N) is 2. The van der Waals surface area contributed by atoms with Crippen molar-refractivity contribution in [3.05, 3.63) is 60.3 Å². The van der Waals surface area contributed by atoms with Gasteiger partial charge in [-0.2, -0.15) is 0 Å². The van der Waals surface area contributed by atoms with Crippen LogP contribution in [0.5, 0.6) is 23.0 Å². The molecule has 0 radical (unpaired) electrons. The number of ether oxygens (including phenoxy) is 3. The van der Waals surface area contributed by atoms with Gasteiger partial charge in [-0.25, -0.2) is 4.98 Å². The molecular weight excluding hydrogens is 374 g/mol. The zero-order valence-electron chi connectivity index (χ0n) is 16.2. The molecule has 29 heavy (non-hydrogen) atoms. The Bertz CT molecular complexity index is 980. The van der Waals surface area contributed by atoms with Crippen molar-refractivity contribution in [3.63, 3.8) is 0 Å². The van der Waals surface area contributed by atoms with E-state index in [-0.39, 0.29) is 11.7 Å². The van der Waals surface area contributed by atoms with E-state index in [9.17, 15) is 9.90 Å². The van der Waals surface area contributed by atoms with Crippen molar-refractivity contribution in [1.82, 2.24) is 4.98 Å². The van der Waals surface area contributed by atoms with Crippen molar-refractivity contribution < 1.29 is 24.1 Å². The molecule has 3 rings (SSSR count). The van der Waals surface area contributed by atoms with Crippen LogP contribution < -0.4 is 24.8 Å². The number of carbonyl (C=O) groups is 1. The molecule has 0 bridgehead atoms. The molecule has 0 aliphatic heterocycles. The number of methoxy groups -OCH3 is 3. The molecule has 2 aromatic carbocycles. The molecule has 3 N–H and O–H groups in total. The van der Waals surface area contributed by atoms with E-state index in [4.69, 9.17) is 14.2 Å². The number of benzene rings is 2. The molecule has 0 aliphatic carbocycles. The molecule has 0 spiro atoms. The maximum Gasteiger partial charge on any atom is 0.256 e. The van der Waals surface area contributed by atoms with Crippen molar-refractivity contribution in [3.8, 4) is 23.0 Å². The van der Waals surface area contributed by atoms with Crippen LogP contribution in [0.4, 0.5) is 17.2 Å². The number of phenolic OH excluding ortho intramolecular Hbond substituents is 1. The van der Waals surface area contributed by atoms with E-state index in [0.29, 0.717) is 40.0 Å². The predicted molar refractivity (Wildman–Crippen MR) is 110 cm³/mol. The summed E-state index contributed by atoms with van der Waals surface area (Å²) in [4.78, 5) is 17.1. The second kappa shape index (κ2) is 8.83. The summed E-state index contributed by atoms with van der Waals surface area (Å²) >= 11 is 0. The molecule has 1 aromatic heterocycles. The van der Waals surface area contributed by atoms with Crippen molar-refractivity contribution >= 4 is 23.1 Å². The van der Waals surface area contributed by atoms with Gasteiger partial charge in [0.15, 0.2) is 17.3 Å². The van der Waals surface area contributed by atoms with E-state index in [1.54, 1.807) is 54.7 Å². The number of aromatic nitrogens is 1. The zero-order chi connectivity index (χ0) is 20.8. The van der Waals surface area contributed by atoms with E-state index in [0.717, 1.165) is 0 Å². The zero-order valence-corrected chi connectivity index (χ0v) is 16.2. The van der Waals surface area contributed by atoms with E-state index < -0.39 is 0 Å². The minimum atomic E-state index is -0.369. The molecule has 8 heteroatoms. The van der Waals surface area contributed by atoms with Gasteiger partial charge in [-0.15, -0.1) is 0 Å². The standard InChI is InChI=1S/C21H21N3O5/c1-27-17-11-13(12-18(28-2)19(17)29-3)21(26)24-16-5-4-10-22-20(16)23-14-6-8-15(25)9-7-14/h4-12,25H,1-3H3,(H,22,23)(H,24,26). The molecule has 0 saturated carbocycles. The van der Waals surface area contributed by atoms with E-state index in [1.807, 2.05) is 0 Å². The van der Waals surface area contributed by atoms with Gasteiger partial charge in [0.05, 0.1) is 27.0 Å². The Morgan fingerprint density at radius 2 is 1.62 bits per heavy atom. The summed E-state index contributed by atoms with van der Waals surface area (Å²) in [5.74, 6) is 1.41. The van der Waals surface area contributed by atoms with Crippen molar-refractivity contribution in [2.24, 2.45) is 0 Å². The van der Waals surface area contributed by atoms with Crippen LogP contribution in [0.1, 0.15) is 10.4 Å². The first-order valence-electron chi connectivity index (χ1n) is 8.68. The van der Waals surface area contributed by atoms with E-state index in [1.165, 1.54) is 21.3 Å². The average Bonchev–Trinajstić information content (AvgIpc) is 2.75. The van der Waals surface area contributed by atoms with Crippen LogP contribution in [-0.4, -0.2) is 37.3 Å². The van der Waals surface area contributed by atoms with Gasteiger partial charge in [0.25, 0.3) is 5.91 Å². The highest BCUT2D eigenvalue weighted by molar-refractivity contribution is 6.06. The number of hydrogen-bond donors (Lipinski definition) is 3. The van der Waals surface area contributed by atoms with Crippen LogP contribution in [0.3, 0.4) is 0 Å². The number of phenols is 1. The fourth-order valence-corrected chi connectivity index (χ4v) is 2.69. The Kier molecular flexibility index (Phi) is 6.03. The summed E-state index contributed by atoms with van der Waals surface area (Å²) in [6.45, 7) is 0. The number of pyridine rings is 1. The number of amides is 1. The van der Waals surface area contributed by atoms with Crippen LogP contribution in [0.15, 0.2) is 54.7 Å². The van der Waals surface area contributed by atoms with E-state index >= 15 is 0 Å². The quantitative estimate of drug-likeness (QED) is 0.523. The van der Waals surface area contributed by atoms with Crippen LogP contribution in [0.25, 0.3) is 0 Å². The minimum absolute atomic E-state index is 0.160. The number of aromatic hydroxyl groups is 1. The molecule has 1 amide bonds. The molecule has 1 heterocycles. The third-order valence-corrected chi connectivity index (χ3v) is 4.11. The maximum absolute atomic E-state index is 12.8. The van der Waals surface area contributed by atoms with Gasteiger partial charge in [-0.05, 0) is 48.5 Å². The van der Waals surface area contributed by atoms with Gasteiger partial charge in [-0.3, -0.25) is 4.79 Å². The first-order chi connectivity index (χ1) is 14.0. The molecule has 0 atom stereocenters. The SMILES string of the molecule is COc1cc(C(=O)Nc2cccnc2Nc2ccc(O)cc2)cc(OC)c1OC. The van der Waals surface area contributed by atoms with Crippen molar-refractivity contribution in [2.45, 2.75) is 0 Å². The summed E-state index contributed by atoms with van der Waals surface area (Å²) in [5.41, 5.74) is 1.53. The second-order valence-electron chi connectivity index (χ2n) is 5.94. The van der Waals surface area contributed by atoms with E-state index in [2.05, 4.69) is 15.6 Å². The smallest absolute Gasteiger partial charge is 0.256 e. The summed E-state index contributed by atoms with van der Waals surface area (Å²) in [6, 6.07) is 13.1. The lowest BCUT2D eigenvalue weighted by molar-refractivity contribution is 0.102. The Morgan fingerprint density at radius 1 is 0.966 bits per heavy atom. The summed E-state index contributed by atoms with van der Waals surface area (Å²) in [5, 5.41) is 15.4. The monoisotopic (exact) mass is 395 g/mol. The highest BCUT2D eigenvalue weighted by atomic mass is 16.5. The lowest BCUT2D eigenvalue weighted by Crippen LogP contribution is -2.14. The second-order valence-corrected chi connectivity index (χ2v) is 5.94. The molecule has 150 valence electrons. The molecule has 0 fully saturated rings. The van der Waals surface area contributed by atoms with Gasteiger partial charge >= 0.3 is 0 Å². The molecule has 0 aliphatic rings. The lowest BCUT2D eigenvalue weighted by Gasteiger charge is -2.15. The Balaban J connectivity index is 1.87. The molecule has 0 unspecified atom stereocenters. The lowest BCUT2D eigenvalue weighted by atomic mass is 10.1. The number of nitrogens with zero attached hydrogens (tertiary/aromatic N) is 1.